The first kappa shape index (κ1) is 18.9. The second-order valence-electron chi connectivity index (χ2n) is 7.46. The number of aromatic amines is 1. The standard InChI is InChI=1S/C22H24N2O3S/c1-14-9-15(2)18-11-16(21(25)23-19(18)10-14)12-24(13-17-5-3-7-27-17)22(26)20-6-4-8-28-20/h4,6,8-11,17H,3,5,7,12-13H2,1-2H3,(H,23,25). The summed E-state index contributed by atoms with van der Waals surface area (Å²) in [5, 5.41) is 2.91. The minimum absolute atomic E-state index is 0.0350. The second-order valence-corrected chi connectivity index (χ2v) is 8.41. The molecule has 1 amide bonds. The van der Waals surface area contributed by atoms with Crippen molar-refractivity contribution < 1.29 is 9.53 Å². The predicted molar refractivity (Wildman–Crippen MR) is 112 cm³/mol. The van der Waals surface area contributed by atoms with Gasteiger partial charge in [0.1, 0.15) is 0 Å². The Morgan fingerprint density at radius 2 is 2.18 bits per heavy atom. The van der Waals surface area contributed by atoms with E-state index in [1.54, 1.807) is 4.90 Å². The van der Waals surface area contributed by atoms with E-state index in [0.29, 0.717) is 17.0 Å². The lowest BCUT2D eigenvalue weighted by atomic mass is 10.0. The van der Waals surface area contributed by atoms with Crippen molar-refractivity contribution in [1.29, 1.82) is 0 Å². The van der Waals surface area contributed by atoms with Crippen molar-refractivity contribution in [3.63, 3.8) is 0 Å². The first-order valence-corrected chi connectivity index (χ1v) is 10.5. The van der Waals surface area contributed by atoms with Crippen molar-refractivity contribution in [2.24, 2.45) is 0 Å². The minimum Gasteiger partial charge on any atom is -0.376 e. The molecule has 1 aliphatic rings. The molecule has 5 nitrogen and oxygen atoms in total. The number of benzene rings is 1. The Morgan fingerprint density at radius 3 is 2.89 bits per heavy atom. The van der Waals surface area contributed by atoms with Crippen molar-refractivity contribution in [1.82, 2.24) is 9.88 Å². The highest BCUT2D eigenvalue weighted by Gasteiger charge is 2.25. The van der Waals surface area contributed by atoms with Gasteiger partial charge in [-0.3, -0.25) is 9.59 Å². The number of hydrogen-bond acceptors (Lipinski definition) is 4. The fourth-order valence-electron chi connectivity index (χ4n) is 3.85. The van der Waals surface area contributed by atoms with Crippen LogP contribution in [0, 0.1) is 13.8 Å². The number of hydrogen-bond donors (Lipinski definition) is 1. The lowest BCUT2D eigenvalue weighted by Gasteiger charge is -2.25. The number of nitrogens with one attached hydrogen (secondary N) is 1. The highest BCUT2D eigenvalue weighted by Crippen LogP contribution is 2.21. The predicted octanol–water partition coefficient (Wildman–Crippen LogP) is 4.03. The number of aryl methyl sites for hydroxylation is 2. The molecule has 1 aliphatic heterocycles. The molecule has 4 rings (SSSR count). The number of pyridine rings is 1. The largest absolute Gasteiger partial charge is 0.376 e. The van der Waals surface area contributed by atoms with E-state index in [4.69, 9.17) is 4.74 Å². The lowest BCUT2D eigenvalue weighted by Crippen LogP contribution is -2.38. The number of rotatable bonds is 5. The molecular formula is C22H24N2O3S. The third-order valence-electron chi connectivity index (χ3n) is 5.22. The van der Waals surface area contributed by atoms with Gasteiger partial charge in [0, 0.05) is 29.6 Å². The Balaban J connectivity index is 1.68. The average molecular weight is 397 g/mol. The summed E-state index contributed by atoms with van der Waals surface area (Å²) in [5.74, 6) is -0.0503. The maximum absolute atomic E-state index is 13.1. The molecule has 1 atom stereocenters. The molecule has 1 unspecified atom stereocenters. The summed E-state index contributed by atoms with van der Waals surface area (Å²) in [6.45, 7) is 5.57. The fourth-order valence-corrected chi connectivity index (χ4v) is 4.54. The van der Waals surface area contributed by atoms with Gasteiger partial charge in [0.2, 0.25) is 0 Å². The molecule has 146 valence electrons. The first-order valence-electron chi connectivity index (χ1n) is 9.59. The molecule has 0 saturated carbocycles. The van der Waals surface area contributed by atoms with Crippen molar-refractivity contribution in [3.8, 4) is 0 Å². The van der Waals surface area contributed by atoms with Crippen LogP contribution in [0.4, 0.5) is 0 Å². The van der Waals surface area contributed by atoms with Gasteiger partial charge in [-0.05, 0) is 61.4 Å². The van der Waals surface area contributed by atoms with Gasteiger partial charge < -0.3 is 14.6 Å². The van der Waals surface area contributed by atoms with Crippen LogP contribution in [0.3, 0.4) is 0 Å². The molecule has 0 radical (unpaired) electrons. The molecule has 2 aromatic heterocycles. The number of thiophene rings is 1. The highest BCUT2D eigenvalue weighted by molar-refractivity contribution is 7.12. The van der Waals surface area contributed by atoms with Crippen molar-refractivity contribution >= 4 is 28.1 Å². The summed E-state index contributed by atoms with van der Waals surface area (Å²) in [6.07, 6.45) is 1.99. The quantitative estimate of drug-likeness (QED) is 0.708. The van der Waals surface area contributed by atoms with E-state index in [9.17, 15) is 9.59 Å². The Hall–Kier alpha value is -2.44. The third kappa shape index (κ3) is 3.88. The van der Waals surface area contributed by atoms with E-state index in [0.717, 1.165) is 41.5 Å². The Bertz CT molecular complexity index is 1050. The molecule has 0 aliphatic carbocycles. The molecule has 3 aromatic rings. The van der Waals surface area contributed by atoms with Gasteiger partial charge in [-0.15, -0.1) is 11.3 Å². The zero-order valence-electron chi connectivity index (χ0n) is 16.2. The van der Waals surface area contributed by atoms with Gasteiger partial charge in [-0.1, -0.05) is 12.1 Å². The van der Waals surface area contributed by atoms with E-state index in [1.165, 1.54) is 11.3 Å². The van der Waals surface area contributed by atoms with E-state index in [-0.39, 0.29) is 24.1 Å². The first-order chi connectivity index (χ1) is 13.5. The van der Waals surface area contributed by atoms with Crippen LogP contribution in [0.2, 0.25) is 0 Å². The van der Waals surface area contributed by atoms with Crippen LogP contribution in [0.25, 0.3) is 10.9 Å². The van der Waals surface area contributed by atoms with E-state index < -0.39 is 0 Å². The highest BCUT2D eigenvalue weighted by atomic mass is 32.1. The zero-order valence-corrected chi connectivity index (χ0v) is 17.0. The monoisotopic (exact) mass is 396 g/mol. The summed E-state index contributed by atoms with van der Waals surface area (Å²) >= 11 is 1.42. The second kappa shape index (κ2) is 7.89. The number of H-pyrrole nitrogens is 1. The maximum Gasteiger partial charge on any atom is 0.264 e. The van der Waals surface area contributed by atoms with Crippen LogP contribution in [-0.4, -0.2) is 35.0 Å². The Morgan fingerprint density at radius 1 is 1.32 bits per heavy atom. The molecule has 3 heterocycles. The maximum atomic E-state index is 13.1. The molecule has 28 heavy (non-hydrogen) atoms. The van der Waals surface area contributed by atoms with E-state index in [1.807, 2.05) is 43.5 Å². The smallest absolute Gasteiger partial charge is 0.264 e. The number of aromatic nitrogens is 1. The van der Waals surface area contributed by atoms with Crippen LogP contribution < -0.4 is 5.56 Å². The summed E-state index contributed by atoms with van der Waals surface area (Å²) in [6, 6.07) is 9.71. The number of carbonyl (C=O) groups excluding carboxylic acids is 1. The third-order valence-corrected chi connectivity index (χ3v) is 6.08. The van der Waals surface area contributed by atoms with Crippen molar-refractivity contribution in [2.45, 2.75) is 39.3 Å². The molecule has 1 fully saturated rings. The molecule has 6 heteroatoms. The fraction of sp³-hybridized carbons (Fsp3) is 0.364. The Labute approximate surface area is 168 Å². The summed E-state index contributed by atoms with van der Waals surface area (Å²) < 4.78 is 5.74. The van der Waals surface area contributed by atoms with Crippen LogP contribution in [0.1, 0.15) is 39.2 Å². The number of fused-ring (bicyclic) bond motifs is 1. The van der Waals surface area contributed by atoms with Gasteiger partial charge in [-0.2, -0.15) is 0 Å². The minimum atomic E-state index is -0.145. The van der Waals surface area contributed by atoms with Crippen molar-refractivity contribution in [2.75, 3.05) is 13.2 Å². The topological polar surface area (TPSA) is 62.4 Å². The average Bonchev–Trinajstić information content (AvgIpc) is 3.35. The lowest BCUT2D eigenvalue weighted by molar-refractivity contribution is 0.0510. The van der Waals surface area contributed by atoms with Gasteiger partial charge in [0.05, 0.1) is 17.5 Å². The molecule has 0 spiro atoms. The zero-order chi connectivity index (χ0) is 19.7. The van der Waals surface area contributed by atoms with Gasteiger partial charge in [0.25, 0.3) is 11.5 Å². The molecular weight excluding hydrogens is 372 g/mol. The summed E-state index contributed by atoms with van der Waals surface area (Å²) in [5.41, 5.74) is 3.52. The molecule has 1 N–H and O–H groups in total. The normalized spacial score (nSPS) is 16.6. The van der Waals surface area contributed by atoms with E-state index in [2.05, 4.69) is 11.1 Å². The SMILES string of the molecule is Cc1cc(C)c2cc(CN(CC3CCCO3)C(=O)c3cccs3)c(=O)[nH]c2c1. The molecule has 1 aromatic carbocycles. The number of ether oxygens (including phenoxy) is 1. The van der Waals surface area contributed by atoms with Crippen LogP contribution >= 0.6 is 11.3 Å². The number of nitrogens with zero attached hydrogens (tertiary/aromatic N) is 1. The number of carbonyl (C=O) groups is 1. The van der Waals surface area contributed by atoms with Crippen LogP contribution in [0.15, 0.2) is 40.5 Å². The van der Waals surface area contributed by atoms with Crippen LogP contribution in [0.5, 0.6) is 0 Å². The van der Waals surface area contributed by atoms with Crippen LogP contribution in [-0.2, 0) is 11.3 Å². The molecule has 0 bridgehead atoms. The van der Waals surface area contributed by atoms with Gasteiger partial charge in [-0.25, -0.2) is 0 Å². The summed E-state index contributed by atoms with van der Waals surface area (Å²) in [7, 11) is 0. The van der Waals surface area contributed by atoms with E-state index >= 15 is 0 Å². The van der Waals surface area contributed by atoms with Crippen molar-refractivity contribution in [3.05, 3.63) is 67.6 Å². The van der Waals surface area contributed by atoms with Gasteiger partial charge >= 0.3 is 0 Å². The van der Waals surface area contributed by atoms with Gasteiger partial charge in [0.15, 0.2) is 0 Å². The summed E-state index contributed by atoms with van der Waals surface area (Å²) in [4.78, 5) is 31.2. The Kier molecular flexibility index (Phi) is 5.33. The number of amides is 1. The molecule has 1 saturated heterocycles.